The third-order valence-electron chi connectivity index (χ3n) is 4.09. The Kier molecular flexibility index (Phi) is 5.68. The van der Waals surface area contributed by atoms with Crippen LogP contribution in [0.3, 0.4) is 0 Å². The molecule has 2 heterocycles. The molecule has 1 N–H and O–H groups in total. The molecule has 0 saturated carbocycles. The highest BCUT2D eigenvalue weighted by Crippen LogP contribution is 2.28. The summed E-state index contributed by atoms with van der Waals surface area (Å²) in [6.45, 7) is -0.752. The van der Waals surface area contributed by atoms with E-state index >= 15 is 0 Å². The van der Waals surface area contributed by atoms with Crippen LogP contribution in [0.4, 0.5) is 8.78 Å². The number of piperidine rings is 1. The molecule has 1 saturated heterocycles. The third kappa shape index (κ3) is 4.24. The molecular formula is C16H20F2N4OS. The molecule has 0 atom stereocenters. The monoisotopic (exact) mass is 354 g/mol. The van der Waals surface area contributed by atoms with Gasteiger partial charge in [0.05, 0.1) is 0 Å². The molecule has 5 nitrogen and oxygen atoms in total. The summed E-state index contributed by atoms with van der Waals surface area (Å²) < 4.78 is 30.7. The topological polar surface area (TPSA) is 52.0 Å². The Morgan fingerprint density at radius 2 is 1.96 bits per heavy atom. The first kappa shape index (κ1) is 17.2. The lowest BCUT2D eigenvalue weighted by atomic mass is 9.97. The number of hydrogen-bond donors (Lipinski definition) is 1. The molecule has 130 valence electrons. The Bertz CT molecular complexity index is 657. The summed E-state index contributed by atoms with van der Waals surface area (Å²) in [5.41, 5.74) is 1.02. The second kappa shape index (κ2) is 7.94. The molecule has 1 aromatic carbocycles. The summed E-state index contributed by atoms with van der Waals surface area (Å²) in [6.07, 6.45) is 2.17. The quantitative estimate of drug-likeness (QED) is 0.808. The van der Waals surface area contributed by atoms with Crippen LogP contribution in [0.5, 0.6) is 5.75 Å². The van der Waals surface area contributed by atoms with Gasteiger partial charge in [0.1, 0.15) is 11.6 Å². The first-order valence-electron chi connectivity index (χ1n) is 7.90. The van der Waals surface area contributed by atoms with E-state index in [9.17, 15) is 8.78 Å². The van der Waals surface area contributed by atoms with Gasteiger partial charge >= 0.3 is 6.61 Å². The minimum Gasteiger partial charge on any atom is -0.435 e. The fourth-order valence-corrected chi connectivity index (χ4v) is 3.68. The lowest BCUT2D eigenvalue weighted by Gasteiger charge is -2.21. The van der Waals surface area contributed by atoms with Crippen molar-refractivity contribution in [3.8, 4) is 5.75 Å². The highest BCUT2D eigenvalue weighted by molar-refractivity contribution is 7.98. The van der Waals surface area contributed by atoms with Crippen LogP contribution in [0.2, 0.25) is 0 Å². The molecule has 0 amide bonds. The van der Waals surface area contributed by atoms with Gasteiger partial charge in [-0.1, -0.05) is 23.9 Å². The number of nitrogens with zero attached hydrogens (tertiary/aromatic N) is 3. The molecular weight excluding hydrogens is 334 g/mol. The molecule has 0 bridgehead atoms. The summed E-state index contributed by atoms with van der Waals surface area (Å²) in [5.74, 6) is 2.38. The SMILES string of the molecule is Cn1c(SCc2ccc(OC(F)F)cc2)nnc1C1CCNCC1. The minimum absolute atomic E-state index is 0.172. The van der Waals surface area contributed by atoms with E-state index in [2.05, 4.69) is 24.8 Å². The maximum atomic E-state index is 12.1. The third-order valence-corrected chi connectivity index (χ3v) is 5.18. The fourth-order valence-electron chi connectivity index (χ4n) is 2.80. The molecule has 2 aromatic rings. The zero-order valence-electron chi connectivity index (χ0n) is 13.4. The van der Waals surface area contributed by atoms with Crippen molar-refractivity contribution in [1.29, 1.82) is 0 Å². The normalized spacial score (nSPS) is 15.8. The molecule has 1 aliphatic heterocycles. The number of ether oxygens (including phenoxy) is 1. The van der Waals surface area contributed by atoms with Crippen molar-refractivity contribution < 1.29 is 13.5 Å². The van der Waals surface area contributed by atoms with Gasteiger partial charge in [-0.3, -0.25) is 0 Å². The van der Waals surface area contributed by atoms with Gasteiger partial charge < -0.3 is 14.6 Å². The smallest absolute Gasteiger partial charge is 0.387 e. The average Bonchev–Trinajstić information content (AvgIpc) is 2.95. The van der Waals surface area contributed by atoms with Gasteiger partial charge in [-0.25, -0.2) is 0 Å². The second-order valence-corrected chi connectivity index (χ2v) is 6.68. The van der Waals surface area contributed by atoms with Crippen LogP contribution in [0, 0.1) is 0 Å². The van der Waals surface area contributed by atoms with Crippen molar-refractivity contribution in [3.63, 3.8) is 0 Å². The molecule has 0 spiro atoms. The largest absolute Gasteiger partial charge is 0.435 e. The predicted molar refractivity (Wildman–Crippen MR) is 88.5 cm³/mol. The summed E-state index contributed by atoms with van der Waals surface area (Å²) in [7, 11) is 2.00. The van der Waals surface area contributed by atoms with Crippen molar-refractivity contribution in [3.05, 3.63) is 35.7 Å². The second-order valence-electron chi connectivity index (χ2n) is 5.74. The number of thioether (sulfide) groups is 1. The maximum absolute atomic E-state index is 12.1. The van der Waals surface area contributed by atoms with Crippen LogP contribution in [0.1, 0.15) is 30.1 Å². The Morgan fingerprint density at radius 1 is 1.25 bits per heavy atom. The summed E-state index contributed by atoms with van der Waals surface area (Å²) in [5, 5.41) is 12.9. The summed E-state index contributed by atoms with van der Waals surface area (Å²) >= 11 is 1.59. The number of halogens is 2. The molecule has 1 aromatic heterocycles. The van der Waals surface area contributed by atoms with Crippen LogP contribution in [0.15, 0.2) is 29.4 Å². The van der Waals surface area contributed by atoms with Crippen molar-refractivity contribution in [1.82, 2.24) is 20.1 Å². The number of alkyl halides is 2. The van der Waals surface area contributed by atoms with Crippen molar-refractivity contribution in [2.45, 2.75) is 36.3 Å². The Balaban J connectivity index is 1.59. The van der Waals surface area contributed by atoms with E-state index in [0.29, 0.717) is 11.7 Å². The van der Waals surface area contributed by atoms with Gasteiger partial charge in [0.15, 0.2) is 5.16 Å². The summed E-state index contributed by atoms with van der Waals surface area (Å²) in [4.78, 5) is 0. The van der Waals surface area contributed by atoms with Gasteiger partial charge in [-0.05, 0) is 43.6 Å². The highest BCUT2D eigenvalue weighted by atomic mass is 32.2. The number of rotatable bonds is 6. The van der Waals surface area contributed by atoms with Gasteiger partial charge in [-0.15, -0.1) is 10.2 Å². The highest BCUT2D eigenvalue weighted by Gasteiger charge is 2.21. The molecule has 1 aliphatic rings. The average molecular weight is 354 g/mol. The Morgan fingerprint density at radius 3 is 2.62 bits per heavy atom. The Hall–Kier alpha value is -1.67. The number of hydrogen-bond acceptors (Lipinski definition) is 5. The molecule has 0 radical (unpaired) electrons. The predicted octanol–water partition coefficient (Wildman–Crippen LogP) is 3.18. The van der Waals surface area contributed by atoms with E-state index in [1.165, 1.54) is 0 Å². The van der Waals surface area contributed by atoms with E-state index in [-0.39, 0.29) is 5.75 Å². The van der Waals surface area contributed by atoms with Crippen molar-refractivity contribution in [2.24, 2.45) is 7.05 Å². The molecule has 0 unspecified atom stereocenters. The van der Waals surface area contributed by atoms with Gasteiger partial charge in [0.2, 0.25) is 0 Å². The first-order valence-corrected chi connectivity index (χ1v) is 8.88. The molecule has 0 aliphatic carbocycles. The van der Waals surface area contributed by atoms with Crippen LogP contribution in [-0.2, 0) is 12.8 Å². The van der Waals surface area contributed by atoms with E-state index < -0.39 is 6.61 Å². The van der Waals surface area contributed by atoms with Crippen LogP contribution >= 0.6 is 11.8 Å². The molecule has 24 heavy (non-hydrogen) atoms. The van der Waals surface area contributed by atoms with Gasteiger partial charge in [-0.2, -0.15) is 8.78 Å². The van der Waals surface area contributed by atoms with Crippen LogP contribution < -0.4 is 10.1 Å². The minimum atomic E-state index is -2.79. The maximum Gasteiger partial charge on any atom is 0.387 e. The van der Waals surface area contributed by atoms with E-state index in [1.807, 2.05) is 7.05 Å². The summed E-state index contributed by atoms with van der Waals surface area (Å²) in [6, 6.07) is 6.68. The van der Waals surface area contributed by atoms with Crippen LogP contribution in [0.25, 0.3) is 0 Å². The zero-order valence-corrected chi connectivity index (χ0v) is 14.2. The standard InChI is InChI=1S/C16H20F2N4OS/c1-22-14(12-6-8-19-9-7-12)20-21-16(22)24-10-11-2-4-13(5-3-11)23-15(17)18/h2-5,12,15,19H,6-10H2,1H3. The lowest BCUT2D eigenvalue weighted by molar-refractivity contribution is -0.0498. The molecule has 3 rings (SSSR count). The van der Waals surface area contributed by atoms with E-state index in [1.54, 1.807) is 36.0 Å². The van der Waals surface area contributed by atoms with E-state index in [0.717, 1.165) is 42.5 Å². The van der Waals surface area contributed by atoms with Crippen molar-refractivity contribution >= 4 is 11.8 Å². The number of nitrogens with one attached hydrogen (secondary N) is 1. The number of aromatic nitrogens is 3. The fraction of sp³-hybridized carbons (Fsp3) is 0.500. The van der Waals surface area contributed by atoms with Gasteiger partial charge in [0.25, 0.3) is 0 Å². The zero-order chi connectivity index (χ0) is 16.9. The lowest BCUT2D eigenvalue weighted by Crippen LogP contribution is -2.27. The number of benzene rings is 1. The molecule has 1 fully saturated rings. The first-order chi connectivity index (χ1) is 11.6. The Labute approximate surface area is 143 Å². The molecule has 8 heteroatoms. The van der Waals surface area contributed by atoms with Crippen LogP contribution in [-0.4, -0.2) is 34.5 Å². The van der Waals surface area contributed by atoms with E-state index in [4.69, 9.17) is 0 Å². The van der Waals surface area contributed by atoms with Gasteiger partial charge in [0, 0.05) is 18.7 Å². The van der Waals surface area contributed by atoms with Crippen molar-refractivity contribution in [2.75, 3.05) is 13.1 Å².